The van der Waals surface area contributed by atoms with Crippen LogP contribution in [0.1, 0.15) is 40.8 Å². The van der Waals surface area contributed by atoms with Crippen LogP contribution in [-0.4, -0.2) is 30.4 Å². The van der Waals surface area contributed by atoms with Gasteiger partial charge in [0.2, 0.25) is 5.88 Å². The number of aryl methyl sites for hydroxylation is 1. The van der Waals surface area contributed by atoms with Gasteiger partial charge in [-0.1, -0.05) is 23.9 Å². The summed E-state index contributed by atoms with van der Waals surface area (Å²) in [5, 5.41) is 20.1. The first-order chi connectivity index (χ1) is 16.8. The number of hydrogen-bond acceptors (Lipinski definition) is 9. The fraction of sp³-hybridized carbons (Fsp3) is 0.308. The van der Waals surface area contributed by atoms with Crippen molar-refractivity contribution in [2.75, 3.05) is 19.5 Å². The van der Waals surface area contributed by atoms with Crippen LogP contribution in [0.25, 0.3) is 0 Å². The lowest BCUT2D eigenvalue weighted by molar-refractivity contribution is -0.139. The zero-order valence-corrected chi connectivity index (χ0v) is 21.1. The predicted octanol–water partition coefficient (Wildman–Crippen LogP) is 4.30. The number of nitrogens with zero attached hydrogens (tertiary/aromatic N) is 3. The number of ether oxygens (including phenoxy) is 3. The van der Waals surface area contributed by atoms with Crippen molar-refractivity contribution in [1.29, 1.82) is 10.5 Å². The molecule has 1 aromatic heterocycles. The number of pyridine rings is 1. The quantitative estimate of drug-likeness (QED) is 0.445. The molecule has 0 saturated heterocycles. The molecule has 2 heterocycles. The maximum absolute atomic E-state index is 13.1. The van der Waals surface area contributed by atoms with E-state index in [2.05, 4.69) is 17.1 Å². The Kier molecular flexibility index (Phi) is 8.06. The summed E-state index contributed by atoms with van der Waals surface area (Å²) < 4.78 is 16.4. The Morgan fingerprint density at radius 3 is 2.43 bits per heavy atom. The number of allylic oxidation sites excluding steroid dienone is 1. The number of nitriles is 2. The van der Waals surface area contributed by atoms with Crippen LogP contribution in [0.5, 0.6) is 5.75 Å². The maximum Gasteiger partial charge on any atom is 0.338 e. The van der Waals surface area contributed by atoms with Gasteiger partial charge in [0.1, 0.15) is 34.2 Å². The molecule has 180 valence electrons. The Hall–Kier alpha value is -3.95. The third-order valence-electron chi connectivity index (χ3n) is 5.86. The van der Waals surface area contributed by atoms with E-state index >= 15 is 0 Å². The van der Waals surface area contributed by atoms with E-state index in [0.717, 1.165) is 16.8 Å². The molecule has 2 N–H and O–H groups in total. The number of carbonyl (C=O) groups excluding carboxylic acids is 1. The lowest BCUT2D eigenvalue weighted by atomic mass is 9.83. The highest BCUT2D eigenvalue weighted by Crippen LogP contribution is 2.41. The van der Waals surface area contributed by atoms with Gasteiger partial charge in [0.05, 0.1) is 36.5 Å². The molecule has 1 aromatic carbocycles. The zero-order chi connectivity index (χ0) is 25.7. The predicted molar refractivity (Wildman–Crippen MR) is 131 cm³/mol. The molecule has 35 heavy (non-hydrogen) atoms. The molecule has 0 aliphatic carbocycles. The number of nitrogens with two attached hydrogens (primary N) is 1. The highest BCUT2D eigenvalue weighted by atomic mass is 32.2. The van der Waals surface area contributed by atoms with E-state index in [4.69, 9.17) is 19.9 Å². The Balaban J connectivity index is 2.12. The summed E-state index contributed by atoms with van der Waals surface area (Å²) >= 11 is 1.26. The smallest absolute Gasteiger partial charge is 0.338 e. The van der Waals surface area contributed by atoms with Gasteiger partial charge in [0.15, 0.2) is 0 Å². The van der Waals surface area contributed by atoms with Crippen LogP contribution < -0.4 is 10.5 Å². The van der Waals surface area contributed by atoms with Gasteiger partial charge in [-0.05, 0) is 56.5 Å². The number of rotatable bonds is 7. The number of hydrogen-bond donors (Lipinski definition) is 1. The second-order valence-corrected chi connectivity index (χ2v) is 8.75. The van der Waals surface area contributed by atoms with Crippen LogP contribution >= 0.6 is 11.8 Å². The summed E-state index contributed by atoms with van der Waals surface area (Å²) in [5.41, 5.74) is 10.2. The average molecular weight is 491 g/mol. The SMILES string of the molecule is CCOC(=O)C1=C(CSc2nc(C)c(C)c(C)c2C#N)OC(N)=C(C#N)[C@@H]1c1ccc(OC)cc1. The van der Waals surface area contributed by atoms with Crippen LogP contribution in [0.3, 0.4) is 0 Å². The van der Waals surface area contributed by atoms with Gasteiger partial charge in [0, 0.05) is 5.69 Å². The standard InChI is InChI=1S/C26H26N4O4S/c1-6-33-26(31)23-21(13-35-25-19(11-27)15(3)14(2)16(4)30-25)34-24(29)20(12-28)22(23)17-7-9-18(32-5)10-8-17/h7-10,22H,6,13,29H2,1-5H3/t22-/m0/s1. The molecule has 1 atom stereocenters. The van der Waals surface area contributed by atoms with Crippen molar-refractivity contribution in [2.45, 2.75) is 38.6 Å². The molecular formula is C26H26N4O4S. The van der Waals surface area contributed by atoms with Crippen LogP contribution in [-0.2, 0) is 14.3 Å². The molecule has 2 aromatic rings. The molecule has 0 unspecified atom stereocenters. The number of thioether (sulfide) groups is 1. The summed E-state index contributed by atoms with van der Waals surface area (Å²) in [7, 11) is 1.55. The first kappa shape index (κ1) is 25.7. The highest BCUT2D eigenvalue weighted by Gasteiger charge is 2.37. The molecule has 9 heteroatoms. The molecule has 8 nitrogen and oxygen atoms in total. The normalized spacial score (nSPS) is 15.2. The summed E-state index contributed by atoms with van der Waals surface area (Å²) in [6.45, 7) is 7.54. The number of esters is 1. The van der Waals surface area contributed by atoms with Crippen molar-refractivity contribution in [1.82, 2.24) is 4.98 Å². The highest BCUT2D eigenvalue weighted by molar-refractivity contribution is 7.99. The summed E-state index contributed by atoms with van der Waals surface area (Å²) in [6.07, 6.45) is 0. The van der Waals surface area contributed by atoms with E-state index < -0.39 is 11.9 Å². The molecule has 0 bridgehead atoms. The van der Waals surface area contributed by atoms with Gasteiger partial charge in [-0.3, -0.25) is 0 Å². The Morgan fingerprint density at radius 1 is 1.17 bits per heavy atom. The Labute approximate surface area is 209 Å². The number of benzene rings is 1. The Bertz CT molecular complexity index is 1300. The van der Waals surface area contributed by atoms with Gasteiger partial charge in [0.25, 0.3) is 0 Å². The van der Waals surface area contributed by atoms with Gasteiger partial charge in [-0.2, -0.15) is 10.5 Å². The van der Waals surface area contributed by atoms with Crippen LogP contribution in [0.15, 0.2) is 52.1 Å². The van der Waals surface area contributed by atoms with Gasteiger partial charge < -0.3 is 19.9 Å². The van der Waals surface area contributed by atoms with Crippen molar-refractivity contribution in [3.63, 3.8) is 0 Å². The van der Waals surface area contributed by atoms with Crippen LogP contribution in [0.2, 0.25) is 0 Å². The number of aromatic nitrogens is 1. The molecule has 0 amide bonds. The van der Waals surface area contributed by atoms with Gasteiger partial charge in [-0.25, -0.2) is 9.78 Å². The molecule has 0 fully saturated rings. The average Bonchev–Trinajstić information content (AvgIpc) is 2.85. The second kappa shape index (κ2) is 11.0. The van der Waals surface area contributed by atoms with Crippen molar-refractivity contribution in [3.05, 3.63) is 75.0 Å². The lowest BCUT2D eigenvalue weighted by Crippen LogP contribution is -2.27. The summed E-state index contributed by atoms with van der Waals surface area (Å²) in [5.74, 6) is -0.417. The van der Waals surface area contributed by atoms with E-state index in [-0.39, 0.29) is 35.1 Å². The monoisotopic (exact) mass is 490 g/mol. The van der Waals surface area contributed by atoms with Crippen molar-refractivity contribution < 1.29 is 19.0 Å². The molecule has 0 saturated carbocycles. The third-order valence-corrected chi connectivity index (χ3v) is 6.83. The van der Waals surface area contributed by atoms with Crippen molar-refractivity contribution in [2.24, 2.45) is 5.73 Å². The minimum atomic E-state index is -0.779. The number of methoxy groups -OCH3 is 1. The third kappa shape index (κ3) is 5.11. The number of carbonyl (C=O) groups is 1. The molecular weight excluding hydrogens is 464 g/mol. The Morgan fingerprint density at radius 2 is 1.86 bits per heavy atom. The molecule has 0 radical (unpaired) electrons. The van der Waals surface area contributed by atoms with E-state index in [1.165, 1.54) is 11.8 Å². The molecule has 0 spiro atoms. The molecule has 1 aliphatic heterocycles. The maximum atomic E-state index is 13.1. The summed E-state index contributed by atoms with van der Waals surface area (Å²) in [6, 6.07) is 11.3. The van der Waals surface area contributed by atoms with Crippen molar-refractivity contribution in [3.8, 4) is 17.9 Å². The van der Waals surface area contributed by atoms with Crippen molar-refractivity contribution >= 4 is 17.7 Å². The largest absolute Gasteiger partial charge is 0.497 e. The van der Waals surface area contributed by atoms with Crippen LogP contribution in [0, 0.1) is 43.4 Å². The van der Waals surface area contributed by atoms with E-state index in [9.17, 15) is 15.3 Å². The minimum absolute atomic E-state index is 0.0818. The lowest BCUT2D eigenvalue weighted by Gasteiger charge is -2.28. The fourth-order valence-electron chi connectivity index (χ4n) is 3.77. The van der Waals surface area contributed by atoms with Crippen LogP contribution in [0.4, 0.5) is 0 Å². The second-order valence-electron chi connectivity index (χ2n) is 7.78. The first-order valence-corrected chi connectivity index (χ1v) is 11.9. The molecule has 3 rings (SSSR count). The van der Waals surface area contributed by atoms with E-state index in [0.29, 0.717) is 21.9 Å². The topological polar surface area (TPSA) is 131 Å². The zero-order valence-electron chi connectivity index (χ0n) is 20.3. The summed E-state index contributed by atoms with van der Waals surface area (Å²) in [4.78, 5) is 17.7. The van der Waals surface area contributed by atoms with E-state index in [1.807, 2.05) is 20.8 Å². The van der Waals surface area contributed by atoms with Gasteiger partial charge in [-0.15, -0.1) is 0 Å². The fourth-order valence-corrected chi connectivity index (χ4v) is 4.80. The molecule has 1 aliphatic rings. The van der Waals surface area contributed by atoms with E-state index in [1.54, 1.807) is 38.3 Å². The van der Waals surface area contributed by atoms with Gasteiger partial charge >= 0.3 is 5.97 Å². The minimum Gasteiger partial charge on any atom is -0.497 e. The first-order valence-electron chi connectivity index (χ1n) is 10.9.